The maximum absolute atomic E-state index is 12.2. The minimum atomic E-state index is -4.60. The number of fused-ring (bicyclic) bond motifs is 2. The number of ether oxygens (including phenoxy) is 2. The highest BCUT2D eigenvalue weighted by Crippen LogP contribution is 2.43. The third-order valence-corrected chi connectivity index (χ3v) is 8.83. The van der Waals surface area contributed by atoms with E-state index in [1.54, 1.807) is 28.7 Å². The molecular weight excluding hydrogens is 701 g/mol. The molecule has 26 heavy (non-hydrogen) atoms. The lowest BCUT2D eigenvalue weighted by molar-refractivity contribution is -0.150. The summed E-state index contributed by atoms with van der Waals surface area (Å²) in [6.07, 6.45) is 6.14. The van der Waals surface area contributed by atoms with Crippen molar-refractivity contribution < 1.29 is 27.2 Å². The Labute approximate surface area is 192 Å². The summed E-state index contributed by atoms with van der Waals surface area (Å²) in [7, 11) is -4.60. The molecule has 3 atom stereocenters. The lowest BCUT2D eigenvalue weighted by atomic mass is 9.94. The van der Waals surface area contributed by atoms with E-state index in [2.05, 4.69) is 12.2 Å². The first-order chi connectivity index (χ1) is 12.2. The van der Waals surface area contributed by atoms with Crippen molar-refractivity contribution in [3.8, 4) is 5.75 Å². The lowest BCUT2D eigenvalue weighted by Gasteiger charge is -2.18. The van der Waals surface area contributed by atoms with Gasteiger partial charge in [-0.1, -0.05) is 12.2 Å². The van der Waals surface area contributed by atoms with E-state index in [-0.39, 0.29) is 39.5 Å². The van der Waals surface area contributed by atoms with Crippen molar-refractivity contribution in [2.45, 2.75) is 17.7 Å². The lowest BCUT2D eigenvalue weighted by Crippen LogP contribution is -2.23. The second kappa shape index (κ2) is 8.37. The number of rotatable bonds is 6. The molecule has 2 aliphatic carbocycles. The number of halogens is 3. The zero-order chi connectivity index (χ0) is 19.1. The quantitative estimate of drug-likeness (QED) is 0.147. The van der Waals surface area contributed by atoms with Crippen LogP contribution in [-0.4, -0.2) is 32.2 Å². The predicted octanol–water partition coefficient (Wildman–Crippen LogP) is 3.54. The van der Waals surface area contributed by atoms with Crippen LogP contribution in [0.5, 0.6) is 5.75 Å². The van der Waals surface area contributed by atoms with Crippen molar-refractivity contribution in [1.29, 1.82) is 0 Å². The average molecular weight is 715 g/mol. The van der Waals surface area contributed by atoms with Crippen LogP contribution in [0.4, 0.5) is 0 Å². The molecule has 2 aliphatic rings. The molecule has 0 radical (unpaired) electrons. The molecule has 142 valence electrons. The normalized spacial score (nSPS) is 24.1. The third-order valence-electron chi connectivity index (χ3n) is 4.49. The molecule has 10 heteroatoms. The van der Waals surface area contributed by atoms with Gasteiger partial charge in [0.2, 0.25) is 0 Å². The van der Waals surface area contributed by atoms with Gasteiger partial charge in [-0.15, -0.1) is 0 Å². The van der Waals surface area contributed by atoms with Gasteiger partial charge in [0.1, 0.15) is 29.1 Å². The number of benzene rings is 1. The van der Waals surface area contributed by atoms with Crippen molar-refractivity contribution in [3.05, 3.63) is 28.9 Å². The van der Waals surface area contributed by atoms with E-state index in [0.717, 1.165) is 12.8 Å². The number of carbonyl (C=O) groups is 1. The van der Waals surface area contributed by atoms with Gasteiger partial charge >= 0.3 is 5.97 Å². The molecule has 3 unspecified atom stereocenters. The zero-order valence-corrected chi connectivity index (χ0v) is 20.6. The van der Waals surface area contributed by atoms with Crippen LogP contribution in [0.25, 0.3) is 0 Å². The Morgan fingerprint density at radius 2 is 1.88 bits per heavy atom. The van der Waals surface area contributed by atoms with Crippen LogP contribution in [0, 0.1) is 28.5 Å². The molecule has 1 saturated carbocycles. The maximum Gasteiger partial charge on any atom is 0.309 e. The molecule has 0 N–H and O–H groups in total. The van der Waals surface area contributed by atoms with Crippen LogP contribution >= 0.6 is 67.8 Å². The molecule has 0 heterocycles. The molecule has 1 aromatic carbocycles. The summed E-state index contributed by atoms with van der Waals surface area (Å²) in [6.45, 7) is 0.168. The Morgan fingerprint density at radius 3 is 2.46 bits per heavy atom. The van der Waals surface area contributed by atoms with Crippen LogP contribution in [0.3, 0.4) is 0 Å². The van der Waals surface area contributed by atoms with E-state index in [0.29, 0.717) is 18.8 Å². The van der Waals surface area contributed by atoms with Gasteiger partial charge in [0.25, 0.3) is 0 Å². The summed E-state index contributed by atoms with van der Waals surface area (Å²) < 4.78 is 46.6. The fourth-order valence-electron chi connectivity index (χ4n) is 3.36. The van der Waals surface area contributed by atoms with E-state index < -0.39 is 10.1 Å². The van der Waals surface area contributed by atoms with Crippen molar-refractivity contribution in [1.82, 2.24) is 0 Å². The highest BCUT2D eigenvalue weighted by Gasteiger charge is 2.40. The predicted molar refractivity (Wildman–Crippen MR) is 118 cm³/mol. The Hall–Kier alpha value is 0.330. The number of allylic oxidation sites excluding steroid dienone is 2. The fraction of sp³-hybridized carbons (Fsp3) is 0.438. The first-order valence-electron chi connectivity index (χ1n) is 7.79. The molecule has 2 bridgehead atoms. The summed E-state index contributed by atoms with van der Waals surface area (Å²) >= 11 is 5.63. The van der Waals surface area contributed by atoms with Gasteiger partial charge in [-0.2, -0.15) is 0 Å². The summed E-state index contributed by atoms with van der Waals surface area (Å²) in [5, 5.41) is 0. The van der Waals surface area contributed by atoms with Crippen LogP contribution in [-0.2, 0) is 19.6 Å². The number of carbonyl (C=O) groups excluding carboxylic acids is 1. The Balaban J connectivity index is 1.60. The Kier molecular flexibility index (Phi) is 6.77. The van der Waals surface area contributed by atoms with Gasteiger partial charge in [0.15, 0.2) is 0 Å². The fourth-order valence-corrected chi connectivity index (χ4v) is 9.27. The molecular formula is C16H14I3O6S-. The molecule has 0 aromatic heterocycles. The minimum Gasteiger partial charge on any atom is -0.744 e. The molecule has 0 amide bonds. The first-order valence-corrected chi connectivity index (χ1v) is 12.4. The summed E-state index contributed by atoms with van der Waals surface area (Å²) in [5.74, 6) is 0.827. The molecule has 0 aliphatic heterocycles. The largest absolute Gasteiger partial charge is 0.744 e. The molecule has 0 spiro atoms. The second-order valence-corrected chi connectivity index (χ2v) is 10.9. The summed E-state index contributed by atoms with van der Waals surface area (Å²) in [4.78, 5) is 11.9. The smallest absolute Gasteiger partial charge is 0.309 e. The van der Waals surface area contributed by atoms with Crippen molar-refractivity contribution in [3.63, 3.8) is 0 Å². The number of esters is 1. The van der Waals surface area contributed by atoms with Gasteiger partial charge in [0, 0.05) is 3.57 Å². The summed E-state index contributed by atoms with van der Waals surface area (Å²) in [5.41, 5.74) is 0. The van der Waals surface area contributed by atoms with Crippen LogP contribution in [0.15, 0.2) is 23.1 Å². The van der Waals surface area contributed by atoms with E-state index in [4.69, 9.17) is 9.47 Å². The Bertz CT molecular complexity index is 867. The van der Waals surface area contributed by atoms with Gasteiger partial charge in [-0.3, -0.25) is 4.79 Å². The molecule has 3 rings (SSSR count). The topological polar surface area (TPSA) is 92.7 Å². The average Bonchev–Trinajstić information content (AvgIpc) is 3.14. The van der Waals surface area contributed by atoms with E-state index in [9.17, 15) is 17.8 Å². The van der Waals surface area contributed by atoms with Gasteiger partial charge in [-0.25, -0.2) is 8.42 Å². The molecule has 0 saturated heterocycles. The van der Waals surface area contributed by atoms with Crippen LogP contribution < -0.4 is 4.74 Å². The number of hydrogen-bond acceptors (Lipinski definition) is 6. The van der Waals surface area contributed by atoms with Gasteiger partial charge in [-0.05, 0) is 98.5 Å². The van der Waals surface area contributed by atoms with Crippen molar-refractivity contribution in [2.75, 3.05) is 13.2 Å². The van der Waals surface area contributed by atoms with Gasteiger partial charge < -0.3 is 14.0 Å². The van der Waals surface area contributed by atoms with E-state index in [1.807, 2.05) is 45.2 Å². The maximum atomic E-state index is 12.2. The van der Waals surface area contributed by atoms with Crippen LogP contribution in [0.1, 0.15) is 12.8 Å². The number of hydrogen-bond donors (Lipinski definition) is 0. The standard InChI is InChI=1S/C16H15I3O6S/c17-11-7-12(18)15(26(21,22)23)13(19)14(11)24-3-4-25-16(20)10-6-8-1-2-9(10)5-8/h1-2,7-10H,3-6H2,(H,21,22,23)/p-1. The third kappa shape index (κ3) is 4.49. The minimum absolute atomic E-state index is 0.0687. The Morgan fingerprint density at radius 1 is 1.15 bits per heavy atom. The molecule has 1 fully saturated rings. The SMILES string of the molecule is O=C(OCCOc1c(I)cc(I)c(S(=O)(=O)[O-])c1I)C1CC2C=CC1C2. The van der Waals surface area contributed by atoms with Crippen molar-refractivity contribution >= 4 is 83.9 Å². The molecule has 6 nitrogen and oxygen atoms in total. The monoisotopic (exact) mass is 715 g/mol. The van der Waals surface area contributed by atoms with E-state index in [1.165, 1.54) is 0 Å². The van der Waals surface area contributed by atoms with E-state index >= 15 is 0 Å². The molecule has 1 aromatic rings. The highest BCUT2D eigenvalue weighted by molar-refractivity contribution is 14.1. The summed E-state index contributed by atoms with van der Waals surface area (Å²) in [6, 6.07) is 1.58. The second-order valence-electron chi connectivity index (χ2n) is 6.17. The van der Waals surface area contributed by atoms with Crippen molar-refractivity contribution in [2.24, 2.45) is 17.8 Å². The highest BCUT2D eigenvalue weighted by atomic mass is 127. The van der Waals surface area contributed by atoms with Gasteiger partial charge in [0.05, 0.1) is 18.0 Å². The zero-order valence-electron chi connectivity index (χ0n) is 13.3. The van der Waals surface area contributed by atoms with Crippen LogP contribution in [0.2, 0.25) is 0 Å². The first kappa shape index (κ1) is 21.0.